The van der Waals surface area contributed by atoms with E-state index in [1.54, 1.807) is 45.2 Å². The number of ether oxygens (including phenoxy) is 1. The molecule has 1 saturated heterocycles. The van der Waals surface area contributed by atoms with Crippen LogP contribution in [0.5, 0.6) is 5.75 Å². The highest BCUT2D eigenvalue weighted by molar-refractivity contribution is 7.47. The molecule has 2 aliphatic rings. The standard InChI is InChI=1S/C30H35N8O7P/c1-19-34-17-38(35-19)28-26-25(24(43-5)15-33-28)22(16-37(26)18-44-46(41,42)45-30(2,3)4)27(39)29(40)36-12-9-20(10-13-36)21(14-31)23-8-6-7-11-32-23/h6-8,11,15-17,19,35H,9-10,12-13,18H2,1-5H3,(H,41,42). The Kier molecular flexibility index (Phi) is 9.39. The lowest BCUT2D eigenvalue weighted by Gasteiger charge is -2.28. The van der Waals surface area contributed by atoms with Gasteiger partial charge in [0.1, 0.15) is 31.1 Å². The van der Waals surface area contributed by atoms with Gasteiger partial charge >= 0.3 is 7.82 Å². The molecular formula is C30H35N8O7P. The number of Topliss-reactive ketones (excluding diaryl/α,β-unsaturated/α-hetero) is 1. The van der Waals surface area contributed by atoms with E-state index in [0.717, 1.165) is 5.57 Å². The Hall–Kier alpha value is -4.45. The minimum atomic E-state index is -4.54. The van der Waals surface area contributed by atoms with Crippen LogP contribution in [-0.2, 0) is 25.1 Å². The number of carbonyl (C=O) groups is 2. The average molecular weight is 651 g/mol. The van der Waals surface area contributed by atoms with Gasteiger partial charge in [0.15, 0.2) is 5.82 Å². The number of methoxy groups -OCH3 is 1. The fourth-order valence-corrected chi connectivity index (χ4v) is 6.29. The van der Waals surface area contributed by atoms with E-state index in [2.05, 4.69) is 26.5 Å². The summed E-state index contributed by atoms with van der Waals surface area (Å²) in [7, 11) is -3.13. The summed E-state index contributed by atoms with van der Waals surface area (Å²) < 4.78 is 30.3. The number of nitrogens with one attached hydrogen (secondary N) is 1. The van der Waals surface area contributed by atoms with Crippen LogP contribution in [-0.4, -0.2) is 74.3 Å². The molecule has 0 bridgehead atoms. The molecule has 242 valence electrons. The minimum Gasteiger partial charge on any atom is -0.494 e. The van der Waals surface area contributed by atoms with Crippen LogP contribution in [0.1, 0.15) is 56.6 Å². The van der Waals surface area contributed by atoms with Crippen molar-refractivity contribution in [1.82, 2.24) is 24.9 Å². The summed E-state index contributed by atoms with van der Waals surface area (Å²) in [5, 5.41) is 11.6. The van der Waals surface area contributed by atoms with Gasteiger partial charge in [0.05, 0.1) is 46.6 Å². The summed E-state index contributed by atoms with van der Waals surface area (Å²) in [6, 6.07) is 7.56. The fraction of sp³-hybridized carbons (Fsp3) is 0.400. The SMILES string of the molecule is COc1cnc(N2C=NC(C)N2)c2c1c(C(=O)C(=O)N1CCC(=C(C#N)c3ccccn3)CC1)cn2COP(=O)(O)OC(C)(C)C. The van der Waals surface area contributed by atoms with E-state index in [4.69, 9.17) is 13.8 Å². The normalized spacial score (nSPS) is 18.0. The number of piperidine rings is 1. The zero-order chi connectivity index (χ0) is 33.2. The molecule has 5 heterocycles. The molecule has 3 aromatic heterocycles. The van der Waals surface area contributed by atoms with E-state index in [9.17, 15) is 24.3 Å². The van der Waals surface area contributed by atoms with Crippen molar-refractivity contribution in [3.8, 4) is 11.8 Å². The van der Waals surface area contributed by atoms with Gasteiger partial charge in [-0.05, 0) is 58.2 Å². The van der Waals surface area contributed by atoms with Crippen molar-refractivity contribution >= 4 is 48.1 Å². The number of hydrogen-bond donors (Lipinski definition) is 2. The van der Waals surface area contributed by atoms with Gasteiger partial charge in [0.2, 0.25) is 0 Å². The van der Waals surface area contributed by atoms with Crippen molar-refractivity contribution in [2.75, 3.05) is 25.2 Å². The maximum absolute atomic E-state index is 13.9. The van der Waals surface area contributed by atoms with Gasteiger partial charge in [-0.1, -0.05) is 6.07 Å². The topological polar surface area (TPSA) is 184 Å². The number of nitrogens with zero attached hydrogens (tertiary/aromatic N) is 7. The van der Waals surface area contributed by atoms with Crippen LogP contribution in [0.2, 0.25) is 0 Å². The lowest BCUT2D eigenvalue weighted by atomic mass is 9.95. The number of rotatable bonds is 9. The van der Waals surface area contributed by atoms with Gasteiger partial charge in [-0.2, -0.15) is 5.26 Å². The molecule has 2 N–H and O–H groups in total. The van der Waals surface area contributed by atoms with Crippen LogP contribution in [0, 0.1) is 11.3 Å². The van der Waals surface area contributed by atoms with Crippen LogP contribution < -0.4 is 15.2 Å². The number of hydrazine groups is 1. The summed E-state index contributed by atoms with van der Waals surface area (Å²) in [5.74, 6) is -1.07. The molecule has 0 radical (unpaired) electrons. The number of fused-ring (bicyclic) bond motifs is 1. The highest BCUT2D eigenvalue weighted by Gasteiger charge is 2.34. The summed E-state index contributed by atoms with van der Waals surface area (Å²) in [5.41, 5.74) is 4.31. The quantitative estimate of drug-likeness (QED) is 0.148. The van der Waals surface area contributed by atoms with Gasteiger partial charge in [-0.15, -0.1) is 0 Å². The molecular weight excluding hydrogens is 615 g/mol. The van der Waals surface area contributed by atoms with Gasteiger partial charge < -0.3 is 19.1 Å². The maximum Gasteiger partial charge on any atom is 0.474 e. The Morgan fingerprint density at radius 1 is 1.22 bits per heavy atom. The average Bonchev–Trinajstić information content (AvgIpc) is 3.63. The van der Waals surface area contributed by atoms with Gasteiger partial charge in [0, 0.05) is 25.5 Å². The Morgan fingerprint density at radius 3 is 2.54 bits per heavy atom. The van der Waals surface area contributed by atoms with E-state index < -0.39 is 31.8 Å². The van der Waals surface area contributed by atoms with Crippen LogP contribution in [0.15, 0.2) is 47.4 Å². The fourth-order valence-electron chi connectivity index (χ4n) is 5.27. The predicted octanol–water partition coefficient (Wildman–Crippen LogP) is 3.81. The molecule has 1 amide bonds. The van der Waals surface area contributed by atoms with E-state index in [1.807, 2.05) is 6.92 Å². The van der Waals surface area contributed by atoms with Crippen molar-refractivity contribution in [1.29, 1.82) is 5.26 Å². The Balaban J connectivity index is 1.49. The first-order valence-corrected chi connectivity index (χ1v) is 16.0. The third-order valence-corrected chi connectivity index (χ3v) is 8.47. The van der Waals surface area contributed by atoms with Crippen LogP contribution in [0.25, 0.3) is 16.5 Å². The van der Waals surface area contributed by atoms with Gasteiger partial charge in [-0.3, -0.25) is 28.6 Å². The Bertz CT molecular complexity index is 1800. The first kappa shape index (κ1) is 32.9. The summed E-state index contributed by atoms with van der Waals surface area (Å²) in [6.45, 7) is 6.59. The number of phosphoric acid groups is 1. The van der Waals surface area contributed by atoms with E-state index >= 15 is 0 Å². The number of likely N-dealkylation sites (tertiary alicyclic amines) is 1. The molecule has 0 saturated carbocycles. The second-order valence-corrected chi connectivity index (χ2v) is 13.1. The summed E-state index contributed by atoms with van der Waals surface area (Å²) in [6.07, 6.45) is 6.47. The smallest absolute Gasteiger partial charge is 0.474 e. The first-order chi connectivity index (χ1) is 21.8. The molecule has 15 nitrogen and oxygen atoms in total. The molecule has 3 aromatic rings. The monoisotopic (exact) mass is 650 g/mol. The summed E-state index contributed by atoms with van der Waals surface area (Å²) >= 11 is 0. The number of allylic oxidation sites excluding steroid dienone is 1. The second-order valence-electron chi connectivity index (χ2n) is 11.7. The predicted molar refractivity (Wildman–Crippen MR) is 169 cm³/mol. The highest BCUT2D eigenvalue weighted by atomic mass is 31.2. The number of carbonyl (C=O) groups excluding carboxylic acids is 2. The molecule has 0 aliphatic carbocycles. The number of pyridine rings is 2. The molecule has 0 spiro atoms. The second kappa shape index (κ2) is 13.1. The number of amides is 1. The largest absolute Gasteiger partial charge is 0.494 e. The lowest BCUT2D eigenvalue weighted by Crippen LogP contribution is -2.40. The molecule has 5 rings (SSSR count). The molecule has 2 atom stereocenters. The third-order valence-electron chi connectivity index (χ3n) is 7.25. The summed E-state index contributed by atoms with van der Waals surface area (Å²) in [4.78, 5) is 52.5. The maximum atomic E-state index is 13.9. The van der Waals surface area contributed by atoms with Crippen LogP contribution >= 0.6 is 7.82 Å². The van der Waals surface area contributed by atoms with Crippen molar-refractivity contribution in [3.05, 3.63) is 53.6 Å². The number of ketones is 1. The Labute approximate surface area is 265 Å². The van der Waals surface area contributed by atoms with E-state index in [1.165, 1.54) is 40.3 Å². The molecule has 46 heavy (non-hydrogen) atoms. The molecule has 2 aliphatic heterocycles. The zero-order valence-electron chi connectivity index (χ0n) is 26.1. The van der Waals surface area contributed by atoms with Crippen molar-refractivity contribution in [2.24, 2.45) is 4.99 Å². The van der Waals surface area contributed by atoms with E-state index in [-0.39, 0.29) is 47.3 Å². The molecule has 16 heteroatoms. The molecule has 1 fully saturated rings. The van der Waals surface area contributed by atoms with Crippen molar-refractivity contribution in [2.45, 2.75) is 59.0 Å². The number of phosphoric ester groups is 1. The number of hydrogen-bond acceptors (Lipinski definition) is 12. The molecule has 0 aromatic carbocycles. The van der Waals surface area contributed by atoms with Crippen LogP contribution in [0.4, 0.5) is 5.82 Å². The molecule has 2 unspecified atom stereocenters. The minimum absolute atomic E-state index is 0.00895. The highest BCUT2D eigenvalue weighted by Crippen LogP contribution is 2.48. The third kappa shape index (κ3) is 7.01. The van der Waals surface area contributed by atoms with E-state index in [0.29, 0.717) is 24.1 Å². The lowest BCUT2D eigenvalue weighted by molar-refractivity contribution is -0.126. The first-order valence-electron chi connectivity index (χ1n) is 14.5. The number of nitriles is 1. The van der Waals surface area contributed by atoms with Crippen molar-refractivity contribution in [3.63, 3.8) is 0 Å². The number of anilines is 1. The zero-order valence-corrected chi connectivity index (χ0v) is 27.0. The Morgan fingerprint density at radius 2 is 1.96 bits per heavy atom. The number of aliphatic imine (C=N–C) groups is 1. The number of aromatic nitrogens is 3. The van der Waals surface area contributed by atoms with Gasteiger partial charge in [-0.25, -0.2) is 20.0 Å². The van der Waals surface area contributed by atoms with Crippen LogP contribution in [0.3, 0.4) is 0 Å². The van der Waals surface area contributed by atoms with Gasteiger partial charge in [0.25, 0.3) is 11.7 Å². The van der Waals surface area contributed by atoms with Crippen molar-refractivity contribution < 1.29 is 32.8 Å².